The Hall–Kier alpha value is -2.80. The van der Waals surface area contributed by atoms with Crippen LogP contribution in [0.5, 0.6) is 0 Å². The zero-order valence-corrected chi connectivity index (χ0v) is 14.2. The highest BCUT2D eigenvalue weighted by Gasteiger charge is 2.08. The minimum Gasteiger partial charge on any atom is -0.376 e. The van der Waals surface area contributed by atoms with Gasteiger partial charge in [-0.05, 0) is 23.8 Å². The number of rotatable bonds is 4. The molecule has 0 spiro atoms. The van der Waals surface area contributed by atoms with Gasteiger partial charge in [0.25, 0.3) is 0 Å². The molecule has 0 radical (unpaired) electrons. The fraction of sp³-hybridized carbons (Fsp3) is 0.118. The standard InChI is InChI=1S/C17H17N5OS/c1-21(2)14-6-12(8-19-10-14)11-3-4-15-13(5-11)9-20-22(15)17(24)7-16(18)23/h3-10,24H,1-2H3,(H2,18,23)/b17-7-. The van der Waals surface area contributed by atoms with Crippen LogP contribution in [0.1, 0.15) is 0 Å². The summed E-state index contributed by atoms with van der Waals surface area (Å²) in [6.07, 6.45) is 6.61. The lowest BCUT2D eigenvalue weighted by Gasteiger charge is -2.13. The first-order chi connectivity index (χ1) is 11.5. The zero-order chi connectivity index (χ0) is 17.3. The van der Waals surface area contributed by atoms with Gasteiger partial charge >= 0.3 is 0 Å². The fourth-order valence-electron chi connectivity index (χ4n) is 2.41. The van der Waals surface area contributed by atoms with Crippen LogP contribution in [0, 0.1) is 0 Å². The van der Waals surface area contributed by atoms with Crippen molar-refractivity contribution in [1.82, 2.24) is 14.8 Å². The number of hydrogen-bond donors (Lipinski definition) is 2. The van der Waals surface area contributed by atoms with Gasteiger partial charge < -0.3 is 10.6 Å². The summed E-state index contributed by atoms with van der Waals surface area (Å²) in [5, 5.41) is 5.58. The Labute approximate surface area is 145 Å². The molecule has 2 aromatic heterocycles. The molecule has 0 aliphatic carbocycles. The van der Waals surface area contributed by atoms with Crippen molar-refractivity contribution in [3.63, 3.8) is 0 Å². The Kier molecular flexibility index (Phi) is 4.26. The van der Waals surface area contributed by atoms with E-state index in [1.165, 1.54) is 6.08 Å². The molecular formula is C17H17N5OS. The van der Waals surface area contributed by atoms with Gasteiger partial charge in [0.15, 0.2) is 0 Å². The van der Waals surface area contributed by atoms with E-state index in [4.69, 9.17) is 5.73 Å². The second kappa shape index (κ2) is 6.37. The first-order valence-electron chi connectivity index (χ1n) is 7.27. The van der Waals surface area contributed by atoms with Crippen LogP contribution in [0.15, 0.2) is 48.9 Å². The number of pyridine rings is 1. The highest BCUT2D eigenvalue weighted by Crippen LogP contribution is 2.27. The molecule has 2 N–H and O–H groups in total. The Morgan fingerprint density at radius 3 is 2.71 bits per heavy atom. The van der Waals surface area contributed by atoms with Gasteiger partial charge in [-0.1, -0.05) is 6.07 Å². The molecule has 0 saturated carbocycles. The quantitative estimate of drug-likeness (QED) is 0.565. The number of nitrogens with zero attached hydrogens (tertiary/aromatic N) is 4. The number of carbonyl (C=O) groups excluding carboxylic acids is 1. The minimum atomic E-state index is -0.563. The summed E-state index contributed by atoms with van der Waals surface area (Å²) in [5.41, 5.74) is 9.11. The van der Waals surface area contributed by atoms with Crippen molar-refractivity contribution >= 4 is 40.2 Å². The van der Waals surface area contributed by atoms with Crippen molar-refractivity contribution in [2.24, 2.45) is 5.73 Å². The highest BCUT2D eigenvalue weighted by atomic mass is 32.1. The molecule has 1 aromatic carbocycles. The number of nitrogens with two attached hydrogens (primary N) is 1. The largest absolute Gasteiger partial charge is 0.376 e. The SMILES string of the molecule is CN(C)c1cncc(-c2ccc3c(cnn3/C(S)=C/C(N)=O)c2)c1. The number of primary amides is 1. The number of carbonyl (C=O) groups is 1. The van der Waals surface area contributed by atoms with Crippen LogP contribution in [0.4, 0.5) is 5.69 Å². The first-order valence-corrected chi connectivity index (χ1v) is 7.71. The maximum absolute atomic E-state index is 11.0. The van der Waals surface area contributed by atoms with E-state index in [1.807, 2.05) is 49.6 Å². The van der Waals surface area contributed by atoms with Crippen LogP contribution in [0.3, 0.4) is 0 Å². The Morgan fingerprint density at radius 2 is 2.00 bits per heavy atom. The van der Waals surface area contributed by atoms with Gasteiger partial charge in [0.05, 0.1) is 23.6 Å². The Morgan fingerprint density at radius 1 is 1.21 bits per heavy atom. The second-order valence-electron chi connectivity index (χ2n) is 5.56. The molecule has 0 unspecified atom stereocenters. The van der Waals surface area contributed by atoms with Crippen molar-refractivity contribution in [2.45, 2.75) is 0 Å². The number of thiol groups is 1. The summed E-state index contributed by atoms with van der Waals surface area (Å²) in [7, 11) is 3.96. The van der Waals surface area contributed by atoms with Crippen LogP contribution in [-0.2, 0) is 4.79 Å². The van der Waals surface area contributed by atoms with Gasteiger partial charge in [-0.15, -0.1) is 12.6 Å². The van der Waals surface area contributed by atoms with E-state index in [1.54, 1.807) is 10.9 Å². The molecule has 24 heavy (non-hydrogen) atoms. The molecule has 0 atom stereocenters. The second-order valence-corrected chi connectivity index (χ2v) is 6.02. The average Bonchev–Trinajstić information content (AvgIpc) is 2.97. The highest BCUT2D eigenvalue weighted by molar-refractivity contribution is 7.90. The third-order valence-corrected chi connectivity index (χ3v) is 3.95. The van der Waals surface area contributed by atoms with Gasteiger partial charge in [0, 0.05) is 37.3 Å². The number of benzene rings is 1. The molecule has 3 rings (SSSR count). The molecule has 2 heterocycles. The summed E-state index contributed by atoms with van der Waals surface area (Å²) in [5.74, 6) is -0.563. The van der Waals surface area contributed by atoms with E-state index >= 15 is 0 Å². The molecule has 7 heteroatoms. The summed E-state index contributed by atoms with van der Waals surface area (Å²) >= 11 is 4.28. The van der Waals surface area contributed by atoms with E-state index in [0.29, 0.717) is 5.03 Å². The van der Waals surface area contributed by atoms with Crippen LogP contribution in [0.25, 0.3) is 27.1 Å². The van der Waals surface area contributed by atoms with Crippen LogP contribution in [-0.4, -0.2) is 34.8 Å². The molecular weight excluding hydrogens is 322 g/mol. The molecule has 0 aliphatic heterocycles. The topological polar surface area (TPSA) is 77.0 Å². The van der Waals surface area contributed by atoms with Gasteiger partial charge in [-0.2, -0.15) is 5.10 Å². The molecule has 0 aliphatic rings. The summed E-state index contributed by atoms with van der Waals surface area (Å²) in [6, 6.07) is 8.03. The van der Waals surface area contributed by atoms with E-state index < -0.39 is 5.91 Å². The fourth-order valence-corrected chi connectivity index (χ4v) is 2.70. The minimum absolute atomic E-state index is 0.376. The van der Waals surface area contributed by atoms with Crippen LogP contribution < -0.4 is 10.6 Å². The predicted molar refractivity (Wildman–Crippen MR) is 99.7 cm³/mol. The van der Waals surface area contributed by atoms with E-state index in [-0.39, 0.29) is 0 Å². The van der Waals surface area contributed by atoms with Crippen molar-refractivity contribution < 1.29 is 4.79 Å². The Balaban J connectivity index is 2.05. The molecule has 0 fully saturated rings. The van der Waals surface area contributed by atoms with Crippen LogP contribution >= 0.6 is 12.6 Å². The lowest BCUT2D eigenvalue weighted by molar-refractivity contribution is -0.113. The smallest absolute Gasteiger partial charge is 0.244 e. The molecule has 0 saturated heterocycles. The normalized spacial score (nSPS) is 11.7. The van der Waals surface area contributed by atoms with E-state index in [0.717, 1.165) is 27.7 Å². The number of fused-ring (bicyclic) bond motifs is 1. The molecule has 1 amide bonds. The maximum Gasteiger partial charge on any atom is 0.244 e. The summed E-state index contributed by atoms with van der Waals surface area (Å²) in [4.78, 5) is 17.3. The van der Waals surface area contributed by atoms with Gasteiger partial charge in [0.1, 0.15) is 5.03 Å². The summed E-state index contributed by atoms with van der Waals surface area (Å²) < 4.78 is 1.57. The molecule has 0 bridgehead atoms. The monoisotopic (exact) mass is 339 g/mol. The maximum atomic E-state index is 11.0. The van der Waals surface area contributed by atoms with Crippen molar-refractivity contribution in [2.75, 3.05) is 19.0 Å². The predicted octanol–water partition coefficient (Wildman–Crippen LogP) is 2.38. The number of anilines is 1. The van der Waals surface area contributed by atoms with E-state index in [9.17, 15) is 4.79 Å². The number of amides is 1. The third-order valence-electron chi connectivity index (χ3n) is 3.63. The average molecular weight is 339 g/mol. The van der Waals surface area contributed by atoms with Crippen molar-refractivity contribution in [3.05, 3.63) is 48.9 Å². The molecule has 6 nitrogen and oxygen atoms in total. The molecule has 3 aromatic rings. The lowest BCUT2D eigenvalue weighted by atomic mass is 10.1. The molecule has 122 valence electrons. The summed E-state index contributed by atoms with van der Waals surface area (Å²) in [6.45, 7) is 0. The van der Waals surface area contributed by atoms with Crippen molar-refractivity contribution in [1.29, 1.82) is 0 Å². The van der Waals surface area contributed by atoms with Crippen LogP contribution in [0.2, 0.25) is 0 Å². The third kappa shape index (κ3) is 3.11. The number of aromatic nitrogens is 3. The van der Waals surface area contributed by atoms with Gasteiger partial charge in [-0.3, -0.25) is 9.78 Å². The van der Waals surface area contributed by atoms with E-state index in [2.05, 4.69) is 28.8 Å². The van der Waals surface area contributed by atoms with Gasteiger partial charge in [-0.25, -0.2) is 4.68 Å². The van der Waals surface area contributed by atoms with Gasteiger partial charge in [0.2, 0.25) is 5.91 Å². The zero-order valence-electron chi connectivity index (χ0n) is 13.3. The van der Waals surface area contributed by atoms with Crippen molar-refractivity contribution in [3.8, 4) is 11.1 Å². The lowest BCUT2D eigenvalue weighted by Crippen LogP contribution is -2.08. The first kappa shape index (κ1) is 16.1. The number of hydrogen-bond acceptors (Lipinski definition) is 5. The Bertz CT molecular complexity index is 945.